The molecule has 6 nitrogen and oxygen atoms in total. The molecule has 106 valence electrons. The lowest BCUT2D eigenvalue weighted by Crippen LogP contribution is -2.19. The van der Waals surface area contributed by atoms with E-state index in [4.69, 9.17) is 15.5 Å². The van der Waals surface area contributed by atoms with E-state index in [1.165, 1.54) is 25.7 Å². The van der Waals surface area contributed by atoms with Gasteiger partial charge >= 0.3 is 7.60 Å². The third kappa shape index (κ3) is 18.6. The Hall–Kier alpha value is 0.0300. The van der Waals surface area contributed by atoms with Crippen LogP contribution in [-0.2, 0) is 4.57 Å². The number of rotatable bonds is 11. The molecule has 0 aromatic rings. The second-order valence-corrected chi connectivity index (χ2v) is 5.82. The molecule has 0 aromatic carbocycles. The van der Waals surface area contributed by atoms with Gasteiger partial charge in [0.1, 0.15) is 0 Å². The van der Waals surface area contributed by atoms with Crippen molar-refractivity contribution in [1.29, 1.82) is 0 Å². The van der Waals surface area contributed by atoms with Crippen LogP contribution in [0.1, 0.15) is 38.5 Å². The summed E-state index contributed by atoms with van der Waals surface area (Å²) >= 11 is 0. The van der Waals surface area contributed by atoms with Crippen LogP contribution in [0, 0.1) is 0 Å². The lowest BCUT2D eigenvalue weighted by molar-refractivity contribution is 0.371. The fourth-order valence-corrected chi connectivity index (χ4v) is 1.90. The van der Waals surface area contributed by atoms with Crippen LogP contribution in [0.25, 0.3) is 0 Å². The lowest BCUT2D eigenvalue weighted by atomic mass is 10.1. The summed E-state index contributed by atoms with van der Waals surface area (Å²) in [5.41, 5.74) is 5.39. The van der Waals surface area contributed by atoms with Crippen LogP contribution in [0.4, 0.5) is 0 Å². The molecule has 0 saturated heterocycles. The maximum Gasteiger partial charge on any atom is 0.326 e. The Labute approximate surface area is 103 Å². The minimum absolute atomic E-state index is 0. The van der Waals surface area contributed by atoms with E-state index in [0.29, 0.717) is 6.54 Å². The highest BCUT2D eigenvalue weighted by Gasteiger charge is 2.10. The summed E-state index contributed by atoms with van der Waals surface area (Å²) < 4.78 is 10.5. The maximum absolute atomic E-state index is 10.5. The molecule has 0 aliphatic rings. The van der Waals surface area contributed by atoms with Crippen LogP contribution in [0.2, 0.25) is 0 Å². The van der Waals surface area contributed by atoms with Gasteiger partial charge in [0, 0.05) is 6.54 Å². The number of unbranched alkanes of at least 4 members (excludes halogenated alkanes) is 5. The molecule has 0 bridgehead atoms. The fourth-order valence-electron chi connectivity index (χ4n) is 1.45. The van der Waals surface area contributed by atoms with E-state index in [2.05, 4.69) is 5.32 Å². The predicted molar refractivity (Wildman–Crippen MR) is 70.2 cm³/mol. The molecular weight excluding hydrogens is 243 g/mol. The molecule has 0 aliphatic carbocycles. The van der Waals surface area contributed by atoms with E-state index in [1.54, 1.807) is 0 Å². The van der Waals surface area contributed by atoms with Gasteiger partial charge in [-0.25, -0.2) is 0 Å². The molecule has 0 saturated carbocycles. The molecule has 0 aliphatic heterocycles. The van der Waals surface area contributed by atoms with Gasteiger partial charge in [0.25, 0.3) is 0 Å². The average Bonchev–Trinajstić information content (AvgIpc) is 2.19. The minimum atomic E-state index is -3.81. The van der Waals surface area contributed by atoms with Crippen molar-refractivity contribution < 1.29 is 19.8 Å². The molecule has 17 heavy (non-hydrogen) atoms. The fraction of sp³-hybridized carbons (Fsp3) is 1.00. The van der Waals surface area contributed by atoms with Gasteiger partial charge in [0.15, 0.2) is 0 Å². The SMILES string of the molecule is NCCCCCCCCNCCP(=O)(O)O.O. The third-order valence-corrected chi connectivity index (χ3v) is 3.19. The van der Waals surface area contributed by atoms with E-state index in [9.17, 15) is 4.57 Å². The van der Waals surface area contributed by atoms with Crippen LogP contribution in [0.3, 0.4) is 0 Å². The van der Waals surface area contributed by atoms with Crippen molar-refractivity contribution in [3.63, 3.8) is 0 Å². The average molecular weight is 270 g/mol. The van der Waals surface area contributed by atoms with Crippen molar-refractivity contribution in [2.24, 2.45) is 5.73 Å². The predicted octanol–water partition coefficient (Wildman–Crippen LogP) is 0.228. The van der Waals surface area contributed by atoms with Crippen molar-refractivity contribution >= 4 is 7.60 Å². The van der Waals surface area contributed by atoms with E-state index < -0.39 is 7.60 Å². The van der Waals surface area contributed by atoms with Crippen LogP contribution in [0.15, 0.2) is 0 Å². The highest BCUT2D eigenvalue weighted by atomic mass is 31.2. The van der Waals surface area contributed by atoms with Crippen molar-refractivity contribution in [2.75, 3.05) is 25.8 Å². The van der Waals surface area contributed by atoms with E-state index in [0.717, 1.165) is 25.9 Å². The molecule has 0 fully saturated rings. The quantitative estimate of drug-likeness (QED) is 0.315. The Morgan fingerprint density at radius 2 is 1.47 bits per heavy atom. The standard InChI is InChI=1S/C10H25N2O3P.H2O/c11-7-5-3-1-2-4-6-8-12-9-10-16(13,14)15;/h12H,1-11H2,(H2,13,14,15);1H2. The van der Waals surface area contributed by atoms with Gasteiger partial charge in [0.05, 0.1) is 6.16 Å². The summed E-state index contributed by atoms with van der Waals surface area (Å²) in [4.78, 5) is 17.2. The Morgan fingerprint density at radius 3 is 2.00 bits per heavy atom. The Bertz CT molecular complexity index is 199. The van der Waals surface area contributed by atoms with Crippen LogP contribution in [-0.4, -0.2) is 41.1 Å². The topological polar surface area (TPSA) is 127 Å². The molecule has 7 N–H and O–H groups in total. The third-order valence-electron chi connectivity index (χ3n) is 2.39. The summed E-state index contributed by atoms with van der Waals surface area (Å²) in [6.07, 6.45) is 6.96. The van der Waals surface area contributed by atoms with E-state index in [1.807, 2.05) is 0 Å². The van der Waals surface area contributed by atoms with Crippen LogP contribution in [0.5, 0.6) is 0 Å². The maximum atomic E-state index is 10.5. The number of hydrogen-bond acceptors (Lipinski definition) is 3. The van der Waals surface area contributed by atoms with Gasteiger partial charge < -0.3 is 26.3 Å². The van der Waals surface area contributed by atoms with Crippen molar-refractivity contribution in [2.45, 2.75) is 38.5 Å². The molecule has 0 amide bonds. The zero-order valence-corrected chi connectivity index (χ0v) is 11.3. The Kier molecular flexibility index (Phi) is 14.2. The minimum Gasteiger partial charge on any atom is -0.412 e. The molecule has 0 spiro atoms. The number of hydrogen-bond donors (Lipinski definition) is 4. The van der Waals surface area contributed by atoms with E-state index in [-0.39, 0.29) is 11.6 Å². The molecule has 0 aromatic heterocycles. The molecule has 0 rings (SSSR count). The molecule has 0 heterocycles. The summed E-state index contributed by atoms with van der Waals surface area (Å²) in [7, 11) is -3.81. The zero-order valence-electron chi connectivity index (χ0n) is 10.4. The van der Waals surface area contributed by atoms with Crippen LogP contribution < -0.4 is 11.1 Å². The van der Waals surface area contributed by atoms with E-state index >= 15 is 0 Å². The lowest BCUT2D eigenvalue weighted by Gasteiger charge is -2.05. The normalized spacial score (nSPS) is 11.2. The Balaban J connectivity index is 0. The first-order valence-electron chi connectivity index (χ1n) is 6.01. The summed E-state index contributed by atoms with van der Waals surface area (Å²) in [5, 5.41) is 3.03. The molecule has 0 unspecified atom stereocenters. The summed E-state index contributed by atoms with van der Waals surface area (Å²) in [6.45, 7) is 2.03. The number of nitrogens with two attached hydrogens (primary N) is 1. The monoisotopic (exact) mass is 270 g/mol. The van der Waals surface area contributed by atoms with Gasteiger partial charge in [-0.2, -0.15) is 0 Å². The first kappa shape index (κ1) is 19.4. The zero-order chi connectivity index (χ0) is 12.3. The first-order valence-corrected chi connectivity index (χ1v) is 7.81. The summed E-state index contributed by atoms with van der Waals surface area (Å²) in [5.74, 6) is 0. The highest BCUT2D eigenvalue weighted by Crippen LogP contribution is 2.32. The second kappa shape index (κ2) is 12.5. The first-order chi connectivity index (χ1) is 7.56. The second-order valence-electron chi connectivity index (χ2n) is 4.05. The van der Waals surface area contributed by atoms with Crippen molar-refractivity contribution in [3.8, 4) is 0 Å². The van der Waals surface area contributed by atoms with Gasteiger partial charge in [-0.3, -0.25) is 4.57 Å². The highest BCUT2D eigenvalue weighted by molar-refractivity contribution is 7.51. The van der Waals surface area contributed by atoms with Gasteiger partial charge in [-0.05, 0) is 25.9 Å². The molecule has 0 radical (unpaired) electrons. The smallest absolute Gasteiger partial charge is 0.326 e. The van der Waals surface area contributed by atoms with Crippen LogP contribution >= 0.6 is 7.60 Å². The number of nitrogens with one attached hydrogen (secondary N) is 1. The molecular formula is C10H27N2O4P. The van der Waals surface area contributed by atoms with Gasteiger partial charge in [-0.1, -0.05) is 25.7 Å². The summed E-state index contributed by atoms with van der Waals surface area (Å²) in [6, 6.07) is 0. The largest absolute Gasteiger partial charge is 0.412 e. The van der Waals surface area contributed by atoms with Gasteiger partial charge in [0.2, 0.25) is 0 Å². The van der Waals surface area contributed by atoms with Gasteiger partial charge in [-0.15, -0.1) is 0 Å². The Morgan fingerprint density at radius 1 is 0.941 bits per heavy atom. The molecule has 7 heteroatoms. The van der Waals surface area contributed by atoms with Crippen molar-refractivity contribution in [3.05, 3.63) is 0 Å². The molecule has 0 atom stereocenters. The van der Waals surface area contributed by atoms with Crippen molar-refractivity contribution in [1.82, 2.24) is 5.32 Å².